The summed E-state index contributed by atoms with van der Waals surface area (Å²) in [5, 5.41) is 9.00. The number of carboxylic acids is 1. The average molecular weight is 291 g/mol. The maximum absolute atomic E-state index is 10.9. The van der Waals surface area contributed by atoms with Crippen LogP contribution in [0.3, 0.4) is 0 Å². The molecule has 0 saturated carbocycles. The average Bonchev–Trinajstić information content (AvgIpc) is 2.01. The Morgan fingerprint density at radius 3 is 1.71 bits per heavy atom. The molecule has 0 aliphatic rings. The third kappa shape index (κ3) is 2.35. The van der Waals surface area contributed by atoms with Crippen molar-refractivity contribution in [2.45, 2.75) is 27.7 Å². The van der Waals surface area contributed by atoms with Crippen molar-refractivity contribution in [1.29, 1.82) is 0 Å². The van der Waals surface area contributed by atoms with E-state index in [4.69, 9.17) is 5.11 Å². The van der Waals surface area contributed by atoms with Gasteiger partial charge in [0.25, 0.3) is 0 Å². The fourth-order valence-electron chi connectivity index (χ4n) is 1.54. The van der Waals surface area contributed by atoms with E-state index in [0.29, 0.717) is 5.56 Å². The van der Waals surface area contributed by atoms with Crippen molar-refractivity contribution >= 4 is 5.97 Å². The van der Waals surface area contributed by atoms with Gasteiger partial charge in [0, 0.05) is 27.3 Å². The second-order valence-electron chi connectivity index (χ2n) is 3.44. The summed E-state index contributed by atoms with van der Waals surface area (Å²) in [4.78, 5) is 10.9. The van der Waals surface area contributed by atoms with Gasteiger partial charge >= 0.3 is 5.97 Å². The van der Waals surface area contributed by atoms with E-state index < -0.39 is 5.97 Å². The third-order valence-corrected chi connectivity index (χ3v) is 2.58. The van der Waals surface area contributed by atoms with Crippen LogP contribution in [0, 0.1) is 27.7 Å². The Labute approximate surface area is 104 Å². The standard InChI is InChI=1S/C11H14O2.Cd/c1-6-5-7(2)9(4)10(8(6)3)11(12)13;/h5H,1-4H3,(H,12,13);. The zero-order valence-corrected chi connectivity index (χ0v) is 13.2. The molecule has 0 unspecified atom stereocenters. The van der Waals surface area contributed by atoms with Gasteiger partial charge in [0.15, 0.2) is 0 Å². The van der Waals surface area contributed by atoms with E-state index in [1.165, 1.54) is 0 Å². The van der Waals surface area contributed by atoms with Crippen LogP contribution >= 0.6 is 0 Å². The molecule has 72 valence electrons. The number of rotatable bonds is 1. The maximum Gasteiger partial charge on any atom is 0.336 e. The molecule has 0 radical (unpaired) electrons. The van der Waals surface area contributed by atoms with Gasteiger partial charge in [0.05, 0.1) is 5.56 Å². The summed E-state index contributed by atoms with van der Waals surface area (Å²) in [6.07, 6.45) is 0. The Bertz CT molecular complexity index is 344. The molecule has 0 aromatic heterocycles. The monoisotopic (exact) mass is 292 g/mol. The van der Waals surface area contributed by atoms with Crippen molar-refractivity contribution in [1.82, 2.24) is 0 Å². The van der Waals surface area contributed by atoms with Crippen molar-refractivity contribution in [3.05, 3.63) is 33.9 Å². The molecule has 0 aliphatic heterocycles. The van der Waals surface area contributed by atoms with E-state index in [9.17, 15) is 4.79 Å². The van der Waals surface area contributed by atoms with Gasteiger partial charge in [-0.15, -0.1) is 0 Å². The first-order chi connectivity index (χ1) is 5.95. The molecule has 1 aromatic rings. The first kappa shape index (κ1) is 13.6. The summed E-state index contributed by atoms with van der Waals surface area (Å²) in [6.45, 7) is 7.58. The molecule has 3 heteroatoms. The van der Waals surface area contributed by atoms with Crippen LogP contribution in [0.4, 0.5) is 0 Å². The Morgan fingerprint density at radius 1 is 1.07 bits per heavy atom. The van der Waals surface area contributed by atoms with E-state index in [2.05, 4.69) is 0 Å². The number of carbonyl (C=O) groups is 1. The minimum atomic E-state index is -0.832. The van der Waals surface area contributed by atoms with Crippen molar-refractivity contribution in [3.8, 4) is 0 Å². The van der Waals surface area contributed by atoms with Gasteiger partial charge in [-0.25, -0.2) is 4.79 Å². The predicted octanol–water partition coefficient (Wildman–Crippen LogP) is 2.62. The summed E-state index contributed by atoms with van der Waals surface area (Å²) >= 11 is 0. The van der Waals surface area contributed by atoms with E-state index >= 15 is 0 Å². The second-order valence-corrected chi connectivity index (χ2v) is 3.44. The zero-order valence-electron chi connectivity index (χ0n) is 9.14. The van der Waals surface area contributed by atoms with Crippen LogP contribution in [-0.4, -0.2) is 11.1 Å². The fourth-order valence-corrected chi connectivity index (χ4v) is 1.54. The van der Waals surface area contributed by atoms with Crippen LogP contribution in [0.5, 0.6) is 0 Å². The normalized spacial score (nSPS) is 9.43. The van der Waals surface area contributed by atoms with Crippen LogP contribution in [0.2, 0.25) is 0 Å². The summed E-state index contributed by atoms with van der Waals surface area (Å²) < 4.78 is 0. The second kappa shape index (κ2) is 4.91. The molecule has 2 nitrogen and oxygen atoms in total. The molecule has 1 rings (SSSR count). The van der Waals surface area contributed by atoms with Gasteiger partial charge in [0.1, 0.15) is 0 Å². The van der Waals surface area contributed by atoms with Gasteiger partial charge < -0.3 is 5.11 Å². The molecule has 0 atom stereocenters. The van der Waals surface area contributed by atoms with Crippen molar-refractivity contribution in [2.75, 3.05) is 0 Å². The van der Waals surface area contributed by atoms with Crippen LogP contribution in [0.15, 0.2) is 6.07 Å². The largest absolute Gasteiger partial charge is 0.478 e. The topological polar surface area (TPSA) is 37.3 Å². The van der Waals surface area contributed by atoms with Crippen LogP contribution in [-0.2, 0) is 27.3 Å². The first-order valence-corrected chi connectivity index (χ1v) is 4.26. The fraction of sp³-hybridized carbons (Fsp3) is 0.364. The van der Waals surface area contributed by atoms with Crippen LogP contribution in [0.1, 0.15) is 32.6 Å². The molecule has 0 aliphatic carbocycles. The molecule has 0 fully saturated rings. The molecule has 14 heavy (non-hydrogen) atoms. The van der Waals surface area contributed by atoms with Gasteiger partial charge in [-0.3, -0.25) is 0 Å². The molecule has 0 spiro atoms. The number of hydrogen-bond acceptors (Lipinski definition) is 1. The maximum atomic E-state index is 10.9. The summed E-state index contributed by atoms with van der Waals surface area (Å²) in [6, 6.07) is 2.02. The molecule has 0 saturated heterocycles. The Morgan fingerprint density at radius 2 is 1.43 bits per heavy atom. The smallest absolute Gasteiger partial charge is 0.336 e. The van der Waals surface area contributed by atoms with E-state index in [-0.39, 0.29) is 27.3 Å². The minimum Gasteiger partial charge on any atom is -0.478 e. The Hall–Kier alpha value is -0.388. The molecular weight excluding hydrogens is 277 g/mol. The summed E-state index contributed by atoms with van der Waals surface area (Å²) in [5.74, 6) is -0.832. The zero-order chi connectivity index (χ0) is 10.2. The van der Waals surface area contributed by atoms with Gasteiger partial charge in [-0.2, -0.15) is 0 Å². The van der Waals surface area contributed by atoms with Crippen molar-refractivity contribution < 1.29 is 37.2 Å². The van der Waals surface area contributed by atoms with E-state index in [0.717, 1.165) is 22.3 Å². The molecule has 0 amide bonds. The van der Waals surface area contributed by atoms with Gasteiger partial charge in [0.2, 0.25) is 0 Å². The van der Waals surface area contributed by atoms with Crippen molar-refractivity contribution in [3.63, 3.8) is 0 Å². The summed E-state index contributed by atoms with van der Waals surface area (Å²) in [7, 11) is 0. The number of aromatic carboxylic acids is 1. The molecule has 0 bridgehead atoms. The van der Waals surface area contributed by atoms with Crippen molar-refractivity contribution in [2.24, 2.45) is 0 Å². The predicted molar refractivity (Wildman–Crippen MR) is 52.3 cm³/mol. The van der Waals surface area contributed by atoms with Crippen LogP contribution < -0.4 is 0 Å². The van der Waals surface area contributed by atoms with E-state index in [1.807, 2.05) is 33.8 Å². The Balaban J connectivity index is 0.00000169. The van der Waals surface area contributed by atoms with Crippen LogP contribution in [0.25, 0.3) is 0 Å². The number of aryl methyl sites for hydroxylation is 2. The molecule has 0 heterocycles. The molecule has 1 aromatic carbocycles. The molecular formula is C11H14CdO2. The van der Waals surface area contributed by atoms with E-state index in [1.54, 1.807) is 0 Å². The number of carboxylic acid groups (broad SMARTS) is 1. The number of benzene rings is 1. The van der Waals surface area contributed by atoms with Gasteiger partial charge in [-0.05, 0) is 49.9 Å². The number of hydrogen-bond donors (Lipinski definition) is 1. The van der Waals surface area contributed by atoms with Gasteiger partial charge in [-0.1, -0.05) is 6.07 Å². The third-order valence-electron chi connectivity index (χ3n) is 2.58. The summed E-state index contributed by atoms with van der Waals surface area (Å²) in [5.41, 5.74) is 4.28. The first-order valence-electron chi connectivity index (χ1n) is 4.26. The minimum absolute atomic E-state index is 0. The quantitative estimate of drug-likeness (QED) is 0.807. The molecule has 1 N–H and O–H groups in total. The SMILES string of the molecule is Cc1cc(C)c(C)c(C(=O)O)c1C.[Cd]. The Kier molecular flexibility index (Phi) is 4.77.